The maximum atomic E-state index is 5.64. The molecule has 1 heterocycles. The summed E-state index contributed by atoms with van der Waals surface area (Å²) in [5.41, 5.74) is 8.85. The SMILES string of the molecule is C=C(CCC)c1cc(C)nc(N)c1. The van der Waals surface area contributed by atoms with E-state index < -0.39 is 0 Å². The van der Waals surface area contributed by atoms with Crippen LogP contribution in [0.5, 0.6) is 0 Å². The van der Waals surface area contributed by atoms with E-state index in [9.17, 15) is 0 Å². The Morgan fingerprint density at radius 1 is 1.54 bits per heavy atom. The van der Waals surface area contributed by atoms with Crippen molar-refractivity contribution in [1.29, 1.82) is 0 Å². The van der Waals surface area contributed by atoms with Crippen molar-refractivity contribution >= 4 is 11.4 Å². The van der Waals surface area contributed by atoms with Crippen LogP contribution in [0.25, 0.3) is 5.57 Å². The lowest BCUT2D eigenvalue weighted by Gasteiger charge is -2.06. The molecule has 0 saturated carbocycles. The normalized spacial score (nSPS) is 10.0. The number of hydrogen-bond donors (Lipinski definition) is 1. The van der Waals surface area contributed by atoms with Crippen LogP contribution < -0.4 is 5.73 Å². The van der Waals surface area contributed by atoms with Gasteiger partial charge in [-0.3, -0.25) is 0 Å². The van der Waals surface area contributed by atoms with E-state index in [-0.39, 0.29) is 0 Å². The molecule has 0 fully saturated rings. The molecular formula is C11H16N2. The largest absolute Gasteiger partial charge is 0.384 e. The number of nitrogen functional groups attached to an aromatic ring is 1. The summed E-state index contributed by atoms with van der Waals surface area (Å²) in [4.78, 5) is 4.11. The van der Waals surface area contributed by atoms with Gasteiger partial charge in [0, 0.05) is 5.69 Å². The van der Waals surface area contributed by atoms with Crippen LogP contribution in [0, 0.1) is 6.92 Å². The van der Waals surface area contributed by atoms with Crippen LogP contribution in [0.4, 0.5) is 5.82 Å². The van der Waals surface area contributed by atoms with E-state index in [0.29, 0.717) is 5.82 Å². The van der Waals surface area contributed by atoms with Gasteiger partial charge in [0.2, 0.25) is 0 Å². The molecule has 2 N–H and O–H groups in total. The average molecular weight is 176 g/mol. The lowest BCUT2D eigenvalue weighted by Crippen LogP contribution is -1.94. The lowest BCUT2D eigenvalue weighted by molar-refractivity contribution is 0.974. The van der Waals surface area contributed by atoms with E-state index in [1.54, 1.807) is 0 Å². The minimum atomic E-state index is 0.576. The van der Waals surface area contributed by atoms with Crippen molar-refractivity contribution in [2.24, 2.45) is 0 Å². The molecule has 2 heteroatoms. The average Bonchev–Trinajstić information content (AvgIpc) is 2.03. The summed E-state index contributed by atoms with van der Waals surface area (Å²) in [7, 11) is 0. The number of nitrogens with two attached hydrogens (primary N) is 1. The second-order valence-electron chi connectivity index (χ2n) is 3.28. The Bertz CT molecular complexity index is 296. The molecule has 0 aliphatic heterocycles. The summed E-state index contributed by atoms with van der Waals surface area (Å²) in [5, 5.41) is 0. The lowest BCUT2D eigenvalue weighted by atomic mass is 10.0. The van der Waals surface area contributed by atoms with Crippen molar-refractivity contribution in [2.75, 3.05) is 5.73 Å². The first-order chi connectivity index (χ1) is 6.13. The van der Waals surface area contributed by atoms with Crippen LogP contribution in [0.15, 0.2) is 18.7 Å². The Morgan fingerprint density at radius 3 is 2.77 bits per heavy atom. The Kier molecular flexibility index (Phi) is 3.07. The van der Waals surface area contributed by atoms with Gasteiger partial charge in [0.1, 0.15) is 5.82 Å². The number of anilines is 1. The van der Waals surface area contributed by atoms with Gasteiger partial charge >= 0.3 is 0 Å². The second kappa shape index (κ2) is 4.08. The zero-order valence-corrected chi connectivity index (χ0v) is 8.30. The van der Waals surface area contributed by atoms with Crippen LogP contribution in [0.1, 0.15) is 31.0 Å². The predicted molar refractivity (Wildman–Crippen MR) is 57.3 cm³/mol. The van der Waals surface area contributed by atoms with Gasteiger partial charge in [0.05, 0.1) is 0 Å². The fourth-order valence-corrected chi connectivity index (χ4v) is 1.34. The van der Waals surface area contributed by atoms with Crippen molar-refractivity contribution in [2.45, 2.75) is 26.7 Å². The Balaban J connectivity index is 2.94. The molecule has 13 heavy (non-hydrogen) atoms. The molecule has 0 radical (unpaired) electrons. The summed E-state index contributed by atoms with van der Waals surface area (Å²) in [5.74, 6) is 0.576. The van der Waals surface area contributed by atoms with Gasteiger partial charge < -0.3 is 5.73 Å². The van der Waals surface area contributed by atoms with Crippen molar-refractivity contribution in [3.8, 4) is 0 Å². The number of rotatable bonds is 3. The maximum Gasteiger partial charge on any atom is 0.124 e. The van der Waals surface area contributed by atoms with Crippen LogP contribution in [-0.2, 0) is 0 Å². The number of hydrogen-bond acceptors (Lipinski definition) is 2. The third-order valence-corrected chi connectivity index (χ3v) is 1.93. The van der Waals surface area contributed by atoms with Crippen LogP contribution in [0.3, 0.4) is 0 Å². The van der Waals surface area contributed by atoms with Gasteiger partial charge in [0.25, 0.3) is 0 Å². The number of allylic oxidation sites excluding steroid dienone is 1. The summed E-state index contributed by atoms with van der Waals surface area (Å²) in [6, 6.07) is 3.90. The molecule has 0 aromatic carbocycles. The molecule has 0 unspecified atom stereocenters. The highest BCUT2D eigenvalue weighted by Crippen LogP contribution is 2.19. The van der Waals surface area contributed by atoms with E-state index in [4.69, 9.17) is 5.73 Å². The number of aryl methyl sites for hydroxylation is 1. The van der Waals surface area contributed by atoms with Gasteiger partial charge in [0.15, 0.2) is 0 Å². The molecule has 0 spiro atoms. The van der Waals surface area contributed by atoms with E-state index in [0.717, 1.165) is 29.7 Å². The zero-order valence-electron chi connectivity index (χ0n) is 8.30. The third kappa shape index (κ3) is 2.58. The Morgan fingerprint density at radius 2 is 2.23 bits per heavy atom. The number of pyridine rings is 1. The van der Waals surface area contributed by atoms with Gasteiger partial charge in [-0.05, 0) is 36.6 Å². The van der Waals surface area contributed by atoms with Crippen molar-refractivity contribution < 1.29 is 0 Å². The van der Waals surface area contributed by atoms with Crippen LogP contribution in [0.2, 0.25) is 0 Å². The quantitative estimate of drug-likeness (QED) is 0.769. The highest BCUT2D eigenvalue weighted by atomic mass is 14.8. The molecule has 0 atom stereocenters. The van der Waals surface area contributed by atoms with Gasteiger partial charge in [-0.25, -0.2) is 4.98 Å². The summed E-state index contributed by atoms with van der Waals surface area (Å²) < 4.78 is 0. The first kappa shape index (κ1) is 9.78. The standard InChI is InChI=1S/C11H16N2/c1-4-5-8(2)10-6-9(3)13-11(12)7-10/h6-7H,2,4-5H2,1,3H3,(H2,12,13). The molecule has 0 aliphatic carbocycles. The molecule has 70 valence electrons. The third-order valence-electron chi connectivity index (χ3n) is 1.93. The summed E-state index contributed by atoms with van der Waals surface area (Å²) in [6.45, 7) is 8.10. The minimum Gasteiger partial charge on any atom is -0.384 e. The van der Waals surface area contributed by atoms with Gasteiger partial charge in [-0.1, -0.05) is 19.9 Å². The highest BCUT2D eigenvalue weighted by Gasteiger charge is 2.00. The minimum absolute atomic E-state index is 0.576. The maximum absolute atomic E-state index is 5.64. The van der Waals surface area contributed by atoms with Crippen molar-refractivity contribution in [3.05, 3.63) is 30.0 Å². The van der Waals surface area contributed by atoms with E-state index in [1.165, 1.54) is 0 Å². The molecule has 0 bridgehead atoms. The summed E-state index contributed by atoms with van der Waals surface area (Å²) in [6.07, 6.45) is 2.13. The Labute approximate surface area is 79.5 Å². The molecule has 1 rings (SSSR count). The molecule has 2 nitrogen and oxygen atoms in total. The van der Waals surface area contributed by atoms with Crippen molar-refractivity contribution in [3.63, 3.8) is 0 Å². The fourth-order valence-electron chi connectivity index (χ4n) is 1.34. The topological polar surface area (TPSA) is 38.9 Å². The molecule has 0 amide bonds. The van der Waals surface area contributed by atoms with Crippen LogP contribution >= 0.6 is 0 Å². The molecule has 0 aliphatic rings. The summed E-state index contributed by atoms with van der Waals surface area (Å²) >= 11 is 0. The Hall–Kier alpha value is -1.31. The monoisotopic (exact) mass is 176 g/mol. The van der Waals surface area contributed by atoms with Gasteiger partial charge in [-0.2, -0.15) is 0 Å². The van der Waals surface area contributed by atoms with E-state index >= 15 is 0 Å². The van der Waals surface area contributed by atoms with E-state index in [2.05, 4.69) is 18.5 Å². The molecule has 0 saturated heterocycles. The fraction of sp³-hybridized carbons (Fsp3) is 0.364. The number of nitrogens with zero attached hydrogens (tertiary/aromatic N) is 1. The van der Waals surface area contributed by atoms with Gasteiger partial charge in [-0.15, -0.1) is 0 Å². The van der Waals surface area contributed by atoms with E-state index in [1.807, 2.05) is 19.1 Å². The van der Waals surface area contributed by atoms with Crippen LogP contribution in [-0.4, -0.2) is 4.98 Å². The zero-order chi connectivity index (χ0) is 9.84. The second-order valence-corrected chi connectivity index (χ2v) is 3.28. The molecule has 1 aromatic rings. The molecular weight excluding hydrogens is 160 g/mol. The molecule has 1 aromatic heterocycles. The predicted octanol–water partition coefficient (Wildman–Crippen LogP) is 2.79. The smallest absolute Gasteiger partial charge is 0.124 e. The highest BCUT2D eigenvalue weighted by molar-refractivity contribution is 5.65. The number of aromatic nitrogens is 1. The first-order valence-electron chi connectivity index (χ1n) is 4.55. The first-order valence-corrected chi connectivity index (χ1v) is 4.55. The van der Waals surface area contributed by atoms with Crippen molar-refractivity contribution in [1.82, 2.24) is 4.98 Å².